The van der Waals surface area contributed by atoms with E-state index in [0.717, 1.165) is 48.8 Å². The van der Waals surface area contributed by atoms with Crippen LogP contribution in [0.1, 0.15) is 53.4 Å². The number of fused-ring (bicyclic) bond motifs is 1. The Kier molecular flexibility index (Phi) is 6.59. The quantitative estimate of drug-likeness (QED) is 0.341. The van der Waals surface area contributed by atoms with Gasteiger partial charge >= 0.3 is 12.2 Å². The summed E-state index contributed by atoms with van der Waals surface area (Å²) < 4.78 is 46.3. The normalized spacial score (nSPS) is 14.7. The lowest BCUT2D eigenvalue weighted by molar-refractivity contribution is -0.140. The van der Waals surface area contributed by atoms with Gasteiger partial charge in [-0.15, -0.1) is 0 Å². The largest absolute Gasteiger partial charge is 0.480 e. The maximum atomic E-state index is 13.1. The van der Waals surface area contributed by atoms with Crippen LogP contribution in [-0.2, 0) is 32.6 Å². The van der Waals surface area contributed by atoms with Crippen LogP contribution < -0.4 is 15.4 Å². The summed E-state index contributed by atoms with van der Waals surface area (Å²) in [4.78, 5) is 36.4. The highest BCUT2D eigenvalue weighted by Gasteiger charge is 2.35. The lowest BCUT2D eigenvalue weighted by Crippen LogP contribution is -2.36. The van der Waals surface area contributed by atoms with Gasteiger partial charge in [-0.2, -0.15) is 13.2 Å². The second kappa shape index (κ2) is 10.1. The minimum atomic E-state index is -4.54. The van der Waals surface area contributed by atoms with Crippen molar-refractivity contribution in [3.05, 3.63) is 65.0 Å². The maximum absolute atomic E-state index is 13.1. The Bertz CT molecular complexity index is 1630. The predicted molar refractivity (Wildman–Crippen MR) is 143 cm³/mol. The number of hydrogen-bond acceptors (Lipinski definition) is 7. The molecule has 0 spiro atoms. The molecule has 4 aromatic rings. The molecule has 2 amide bonds. The average Bonchev–Trinajstić information content (AvgIpc) is 3.55. The summed E-state index contributed by atoms with van der Waals surface area (Å²) in [5.74, 6) is 1.63. The van der Waals surface area contributed by atoms with E-state index in [-0.39, 0.29) is 18.3 Å². The van der Waals surface area contributed by atoms with Crippen molar-refractivity contribution in [2.24, 2.45) is 12.8 Å². The first-order chi connectivity index (χ1) is 19.6. The number of nitrogens with two attached hydrogens (primary N) is 1. The van der Waals surface area contributed by atoms with Crippen molar-refractivity contribution in [2.75, 3.05) is 12.0 Å². The van der Waals surface area contributed by atoms with Gasteiger partial charge in [0, 0.05) is 36.0 Å². The number of halogens is 3. The van der Waals surface area contributed by atoms with E-state index in [1.165, 1.54) is 30.0 Å². The Labute approximate surface area is 233 Å². The first-order valence-electron chi connectivity index (χ1n) is 13.2. The van der Waals surface area contributed by atoms with Crippen LogP contribution >= 0.6 is 0 Å². The highest BCUT2D eigenvalue weighted by atomic mass is 19.4. The number of aryl methyl sites for hydroxylation is 2. The van der Waals surface area contributed by atoms with Crippen LogP contribution in [0.2, 0.25) is 0 Å². The second-order valence-corrected chi connectivity index (χ2v) is 10.2. The molecule has 13 heteroatoms. The SMILES string of the molecule is COc1ncnc(C2CC2)c1-c1nc2c(c(N(Cc3ccc(-c4nc(C(F)(F)F)cn4C)cc3)C(N)=O)n1)CCC2. The van der Waals surface area contributed by atoms with Gasteiger partial charge in [0.25, 0.3) is 0 Å². The standard InChI is InChI=1S/C28H27F3N8O2/c1-38-13-20(28(29,30)31)36-24(38)17-8-6-15(7-9-17)12-39(27(32)40)25-18-4-3-5-19(18)35-23(37-25)21-22(16-10-11-16)33-14-34-26(21)41-2/h6-9,13-14,16H,3-5,10-12H2,1-2H3,(H2,32,40). The molecule has 3 aromatic heterocycles. The van der Waals surface area contributed by atoms with E-state index >= 15 is 0 Å². The van der Waals surface area contributed by atoms with Gasteiger partial charge < -0.3 is 15.0 Å². The third-order valence-electron chi connectivity index (χ3n) is 7.38. The number of alkyl halides is 3. The fourth-order valence-electron chi connectivity index (χ4n) is 5.23. The summed E-state index contributed by atoms with van der Waals surface area (Å²) in [6.07, 6.45) is 2.19. The number of carbonyl (C=O) groups excluding carboxylic acids is 1. The van der Waals surface area contributed by atoms with Gasteiger partial charge in [0.1, 0.15) is 23.5 Å². The Morgan fingerprint density at radius 3 is 2.51 bits per heavy atom. The topological polar surface area (TPSA) is 125 Å². The molecule has 0 bridgehead atoms. The summed E-state index contributed by atoms with van der Waals surface area (Å²) in [5, 5.41) is 0. The summed E-state index contributed by atoms with van der Waals surface area (Å²) in [5.41, 5.74) is 9.29. The van der Waals surface area contributed by atoms with Crippen LogP contribution in [0.5, 0.6) is 5.88 Å². The molecular formula is C28H27F3N8O2. The zero-order chi connectivity index (χ0) is 28.9. The lowest BCUT2D eigenvalue weighted by Gasteiger charge is -2.23. The molecule has 3 heterocycles. The predicted octanol–water partition coefficient (Wildman–Crippen LogP) is 4.81. The number of rotatable bonds is 7. The van der Waals surface area contributed by atoms with Crippen molar-refractivity contribution in [1.82, 2.24) is 29.5 Å². The van der Waals surface area contributed by atoms with Gasteiger partial charge in [-0.1, -0.05) is 24.3 Å². The molecule has 6 rings (SSSR count). The Hall–Kier alpha value is -4.55. The van der Waals surface area contributed by atoms with Crippen molar-refractivity contribution in [1.29, 1.82) is 0 Å². The number of urea groups is 1. The van der Waals surface area contributed by atoms with Crippen molar-refractivity contribution >= 4 is 11.8 Å². The fraction of sp³-hybridized carbons (Fsp3) is 0.357. The van der Waals surface area contributed by atoms with E-state index in [2.05, 4.69) is 15.0 Å². The van der Waals surface area contributed by atoms with E-state index in [9.17, 15) is 18.0 Å². The van der Waals surface area contributed by atoms with Crippen LogP contribution in [0.15, 0.2) is 36.8 Å². The Morgan fingerprint density at radius 2 is 1.88 bits per heavy atom. The molecule has 1 fully saturated rings. The number of nitrogens with zero attached hydrogens (tertiary/aromatic N) is 7. The van der Waals surface area contributed by atoms with Crippen molar-refractivity contribution in [2.45, 2.75) is 50.7 Å². The van der Waals surface area contributed by atoms with Crippen LogP contribution in [0, 0.1) is 0 Å². The van der Waals surface area contributed by atoms with Crippen LogP contribution in [0.4, 0.5) is 23.8 Å². The summed E-state index contributed by atoms with van der Waals surface area (Å²) in [7, 11) is 3.04. The van der Waals surface area contributed by atoms with Crippen LogP contribution in [-0.4, -0.2) is 42.6 Å². The molecule has 0 atom stereocenters. The summed E-state index contributed by atoms with van der Waals surface area (Å²) in [6, 6.07) is 6.11. The monoisotopic (exact) mass is 564 g/mol. The minimum absolute atomic E-state index is 0.102. The highest BCUT2D eigenvalue weighted by Crippen LogP contribution is 2.45. The van der Waals surface area contributed by atoms with Gasteiger partial charge in [-0.05, 0) is 37.7 Å². The molecule has 2 aliphatic carbocycles. The van der Waals surface area contributed by atoms with E-state index < -0.39 is 17.9 Å². The molecule has 0 unspecified atom stereocenters. The number of hydrogen-bond donors (Lipinski definition) is 1. The molecule has 2 aliphatic rings. The lowest BCUT2D eigenvalue weighted by atomic mass is 10.1. The number of anilines is 1. The molecule has 0 saturated heterocycles. The van der Waals surface area contributed by atoms with E-state index in [0.29, 0.717) is 40.6 Å². The summed E-state index contributed by atoms with van der Waals surface area (Å²) in [6.45, 7) is 0.102. The number of primary amides is 1. The Morgan fingerprint density at radius 1 is 1.12 bits per heavy atom. The molecular weight excluding hydrogens is 537 g/mol. The van der Waals surface area contributed by atoms with Gasteiger partial charge in [-0.3, -0.25) is 4.90 Å². The number of amides is 2. The number of benzene rings is 1. The van der Waals surface area contributed by atoms with Gasteiger partial charge in [0.05, 0.1) is 19.3 Å². The minimum Gasteiger partial charge on any atom is -0.480 e. The molecule has 41 heavy (non-hydrogen) atoms. The number of aromatic nitrogens is 6. The molecule has 0 radical (unpaired) electrons. The third-order valence-corrected chi connectivity index (χ3v) is 7.38. The molecule has 1 aromatic carbocycles. The number of methoxy groups -OCH3 is 1. The fourth-order valence-corrected chi connectivity index (χ4v) is 5.23. The molecule has 10 nitrogen and oxygen atoms in total. The van der Waals surface area contributed by atoms with E-state index in [4.69, 9.17) is 20.4 Å². The molecule has 0 aliphatic heterocycles. The van der Waals surface area contributed by atoms with E-state index in [1.54, 1.807) is 24.3 Å². The highest BCUT2D eigenvalue weighted by molar-refractivity contribution is 5.91. The zero-order valence-corrected chi connectivity index (χ0v) is 22.4. The number of carbonyl (C=O) groups is 1. The molecule has 2 N–H and O–H groups in total. The van der Waals surface area contributed by atoms with E-state index in [1.807, 2.05) is 0 Å². The number of ether oxygens (including phenoxy) is 1. The average molecular weight is 565 g/mol. The first kappa shape index (κ1) is 26.7. The second-order valence-electron chi connectivity index (χ2n) is 10.2. The molecule has 1 saturated carbocycles. The number of imidazole rings is 1. The molecule has 212 valence electrons. The van der Waals surface area contributed by atoms with Crippen LogP contribution in [0.3, 0.4) is 0 Å². The first-order valence-corrected chi connectivity index (χ1v) is 13.2. The van der Waals surface area contributed by atoms with Crippen molar-refractivity contribution < 1.29 is 22.7 Å². The smallest absolute Gasteiger partial charge is 0.434 e. The van der Waals surface area contributed by atoms with Gasteiger partial charge in [0.15, 0.2) is 11.5 Å². The van der Waals surface area contributed by atoms with Gasteiger partial charge in [-0.25, -0.2) is 29.7 Å². The van der Waals surface area contributed by atoms with Crippen molar-refractivity contribution in [3.63, 3.8) is 0 Å². The summed E-state index contributed by atoms with van der Waals surface area (Å²) >= 11 is 0. The van der Waals surface area contributed by atoms with Crippen LogP contribution in [0.25, 0.3) is 22.8 Å². The van der Waals surface area contributed by atoms with Gasteiger partial charge in [0.2, 0.25) is 5.88 Å². The van der Waals surface area contributed by atoms with Crippen molar-refractivity contribution in [3.8, 4) is 28.7 Å². The maximum Gasteiger partial charge on any atom is 0.434 e. The zero-order valence-electron chi connectivity index (χ0n) is 22.4. The Balaban J connectivity index is 1.36. The third kappa shape index (κ3) is 5.07.